The Hall–Kier alpha value is -1.07. The molecule has 0 saturated carbocycles. The van der Waals surface area contributed by atoms with Crippen LogP contribution in [-0.2, 0) is 0 Å². The zero-order valence-electron chi connectivity index (χ0n) is 12.5. The molecule has 0 aliphatic carbocycles. The highest BCUT2D eigenvalue weighted by Gasteiger charge is 2.32. The Bertz CT molecular complexity index is 493. The second-order valence-corrected chi connectivity index (χ2v) is 6.28. The van der Waals surface area contributed by atoms with Crippen molar-refractivity contribution in [2.75, 3.05) is 26.2 Å². The van der Waals surface area contributed by atoms with Crippen molar-refractivity contribution in [2.45, 2.75) is 26.2 Å². The van der Waals surface area contributed by atoms with Crippen molar-refractivity contribution in [3.63, 3.8) is 0 Å². The average Bonchev–Trinajstić information content (AvgIpc) is 2.42. The molecule has 2 rings (SSSR count). The Morgan fingerprint density at radius 3 is 2.48 bits per heavy atom. The molecule has 0 radical (unpaired) electrons. The van der Waals surface area contributed by atoms with Crippen molar-refractivity contribution in [1.82, 2.24) is 4.90 Å². The number of likely N-dealkylation sites (tertiary alicyclic amines) is 1. The Balaban J connectivity index is 2.19. The van der Waals surface area contributed by atoms with E-state index in [9.17, 15) is 18.3 Å². The molecule has 0 aromatic heterocycles. The number of nitrogens with zero attached hydrogens (tertiary/aromatic N) is 1. The standard InChI is InChI=1S/C16H22F3NO/c1-10(2)7-20-4-3-12(11(8-20)9-21)13-5-15(18)16(19)6-14(13)17/h5-6,10-12,21H,3-4,7-9H2,1-2H3. The first-order chi connectivity index (χ1) is 9.92. The normalized spacial score (nSPS) is 23.8. The van der Waals surface area contributed by atoms with E-state index in [1.165, 1.54) is 0 Å². The number of hydrogen-bond acceptors (Lipinski definition) is 2. The summed E-state index contributed by atoms with van der Waals surface area (Å²) in [5.74, 6) is -2.84. The van der Waals surface area contributed by atoms with Crippen LogP contribution in [0.4, 0.5) is 13.2 Å². The fourth-order valence-corrected chi connectivity index (χ4v) is 3.21. The largest absolute Gasteiger partial charge is 0.396 e. The molecule has 2 nitrogen and oxygen atoms in total. The van der Waals surface area contributed by atoms with Gasteiger partial charge in [0.1, 0.15) is 5.82 Å². The molecule has 1 N–H and O–H groups in total. The summed E-state index contributed by atoms with van der Waals surface area (Å²) in [7, 11) is 0. The van der Waals surface area contributed by atoms with Gasteiger partial charge in [0, 0.05) is 31.7 Å². The van der Waals surface area contributed by atoms with E-state index < -0.39 is 17.5 Å². The molecule has 2 unspecified atom stereocenters. The maximum Gasteiger partial charge on any atom is 0.161 e. The van der Waals surface area contributed by atoms with Gasteiger partial charge in [-0.05, 0) is 36.4 Å². The summed E-state index contributed by atoms with van der Waals surface area (Å²) in [6, 6.07) is 1.54. The first-order valence-corrected chi connectivity index (χ1v) is 7.40. The number of halogens is 3. The van der Waals surface area contributed by atoms with Crippen LogP contribution in [0, 0.1) is 29.3 Å². The molecule has 21 heavy (non-hydrogen) atoms. The van der Waals surface area contributed by atoms with E-state index in [-0.39, 0.29) is 24.0 Å². The van der Waals surface area contributed by atoms with Gasteiger partial charge in [-0.3, -0.25) is 0 Å². The summed E-state index contributed by atoms with van der Waals surface area (Å²) in [6.07, 6.45) is 0.639. The lowest BCUT2D eigenvalue weighted by Gasteiger charge is -2.39. The third-order valence-corrected chi connectivity index (χ3v) is 4.12. The van der Waals surface area contributed by atoms with Crippen molar-refractivity contribution < 1.29 is 18.3 Å². The molecule has 5 heteroatoms. The van der Waals surface area contributed by atoms with E-state index >= 15 is 0 Å². The molecule has 1 saturated heterocycles. The zero-order valence-corrected chi connectivity index (χ0v) is 12.5. The van der Waals surface area contributed by atoms with Gasteiger partial charge in [0.15, 0.2) is 11.6 Å². The first-order valence-electron chi connectivity index (χ1n) is 7.40. The minimum Gasteiger partial charge on any atom is -0.396 e. The summed E-state index contributed by atoms with van der Waals surface area (Å²) < 4.78 is 40.3. The molecule has 2 atom stereocenters. The molecule has 0 amide bonds. The third-order valence-electron chi connectivity index (χ3n) is 4.12. The van der Waals surface area contributed by atoms with Crippen LogP contribution in [0.3, 0.4) is 0 Å². The summed E-state index contributed by atoms with van der Waals surface area (Å²) in [4.78, 5) is 2.24. The van der Waals surface area contributed by atoms with E-state index in [0.29, 0.717) is 24.9 Å². The van der Waals surface area contributed by atoms with Crippen LogP contribution in [0.1, 0.15) is 31.7 Å². The number of rotatable bonds is 4. The molecule has 1 aliphatic heterocycles. The number of aliphatic hydroxyl groups excluding tert-OH is 1. The van der Waals surface area contributed by atoms with Crippen LogP contribution in [-0.4, -0.2) is 36.2 Å². The summed E-state index contributed by atoms with van der Waals surface area (Å²) in [5.41, 5.74) is 0.178. The molecule has 118 valence electrons. The highest BCUT2D eigenvalue weighted by Crippen LogP contribution is 2.35. The van der Waals surface area contributed by atoms with Crippen LogP contribution in [0.15, 0.2) is 12.1 Å². The zero-order chi connectivity index (χ0) is 15.6. The quantitative estimate of drug-likeness (QED) is 0.864. The molecule has 1 aromatic carbocycles. The molecule has 1 aliphatic rings. The van der Waals surface area contributed by atoms with Crippen LogP contribution >= 0.6 is 0 Å². The van der Waals surface area contributed by atoms with Gasteiger partial charge in [0.2, 0.25) is 0 Å². The Morgan fingerprint density at radius 2 is 1.86 bits per heavy atom. The fourth-order valence-electron chi connectivity index (χ4n) is 3.21. The molecule has 0 spiro atoms. The highest BCUT2D eigenvalue weighted by atomic mass is 19.2. The van der Waals surface area contributed by atoms with Crippen molar-refractivity contribution in [1.29, 1.82) is 0 Å². The van der Waals surface area contributed by atoms with Crippen molar-refractivity contribution >= 4 is 0 Å². The SMILES string of the molecule is CC(C)CN1CCC(c2cc(F)c(F)cc2F)C(CO)C1. The second kappa shape index (κ2) is 6.79. The summed E-state index contributed by atoms with van der Waals surface area (Å²) >= 11 is 0. The number of piperidine rings is 1. The highest BCUT2D eigenvalue weighted by molar-refractivity contribution is 5.25. The second-order valence-electron chi connectivity index (χ2n) is 6.28. The molecular weight excluding hydrogens is 279 g/mol. The Kier molecular flexibility index (Phi) is 5.27. The Morgan fingerprint density at radius 1 is 1.19 bits per heavy atom. The lowest BCUT2D eigenvalue weighted by atomic mass is 9.80. The fraction of sp³-hybridized carbons (Fsp3) is 0.625. The smallest absolute Gasteiger partial charge is 0.161 e. The topological polar surface area (TPSA) is 23.5 Å². The van der Waals surface area contributed by atoms with Crippen LogP contribution < -0.4 is 0 Å². The van der Waals surface area contributed by atoms with Gasteiger partial charge in [-0.25, -0.2) is 13.2 Å². The number of aliphatic hydroxyl groups is 1. The van der Waals surface area contributed by atoms with E-state index in [4.69, 9.17) is 0 Å². The monoisotopic (exact) mass is 301 g/mol. The predicted octanol–water partition coefficient (Wildman–Crippen LogP) is 3.16. The lowest BCUT2D eigenvalue weighted by molar-refractivity contribution is 0.0928. The maximum atomic E-state index is 13.9. The predicted molar refractivity (Wildman–Crippen MR) is 75.5 cm³/mol. The average molecular weight is 301 g/mol. The molecule has 1 heterocycles. The van der Waals surface area contributed by atoms with E-state index in [1.54, 1.807) is 0 Å². The molecular formula is C16H22F3NO. The minimum atomic E-state index is -1.17. The van der Waals surface area contributed by atoms with Gasteiger partial charge in [0.05, 0.1) is 0 Å². The van der Waals surface area contributed by atoms with Gasteiger partial charge in [0.25, 0.3) is 0 Å². The maximum absolute atomic E-state index is 13.9. The van der Waals surface area contributed by atoms with Gasteiger partial charge in [-0.1, -0.05) is 13.8 Å². The van der Waals surface area contributed by atoms with Crippen LogP contribution in [0.25, 0.3) is 0 Å². The Labute approximate surface area is 123 Å². The first kappa shape index (κ1) is 16.3. The van der Waals surface area contributed by atoms with Crippen molar-refractivity contribution in [2.24, 2.45) is 11.8 Å². The van der Waals surface area contributed by atoms with Gasteiger partial charge < -0.3 is 10.0 Å². The number of benzene rings is 1. The van der Waals surface area contributed by atoms with Crippen LogP contribution in [0.5, 0.6) is 0 Å². The summed E-state index contributed by atoms with van der Waals surface area (Å²) in [6.45, 7) is 6.50. The minimum absolute atomic E-state index is 0.0856. The van der Waals surface area contributed by atoms with Crippen LogP contribution in [0.2, 0.25) is 0 Å². The van der Waals surface area contributed by atoms with Crippen molar-refractivity contribution in [3.8, 4) is 0 Å². The van der Waals surface area contributed by atoms with Crippen molar-refractivity contribution in [3.05, 3.63) is 35.1 Å². The van der Waals surface area contributed by atoms with E-state index in [2.05, 4.69) is 18.7 Å². The number of hydrogen-bond donors (Lipinski definition) is 1. The van der Waals surface area contributed by atoms with Gasteiger partial charge >= 0.3 is 0 Å². The summed E-state index contributed by atoms with van der Waals surface area (Å²) in [5, 5.41) is 9.57. The van der Waals surface area contributed by atoms with Gasteiger partial charge in [-0.15, -0.1) is 0 Å². The van der Waals surface area contributed by atoms with Gasteiger partial charge in [-0.2, -0.15) is 0 Å². The van der Waals surface area contributed by atoms with E-state index in [1.807, 2.05) is 0 Å². The molecule has 1 fully saturated rings. The van der Waals surface area contributed by atoms with E-state index in [0.717, 1.165) is 19.2 Å². The molecule has 0 bridgehead atoms. The lowest BCUT2D eigenvalue weighted by Crippen LogP contribution is -2.42. The molecule has 1 aromatic rings. The third kappa shape index (κ3) is 3.77.